The zero-order chi connectivity index (χ0) is 15.8. The number of aromatic carboxylic acids is 1. The number of nitrogens with zero attached hydrogens (tertiary/aromatic N) is 2. The van der Waals surface area contributed by atoms with Crippen molar-refractivity contribution in [3.8, 4) is 0 Å². The van der Waals surface area contributed by atoms with Gasteiger partial charge in [-0.2, -0.15) is 0 Å². The fraction of sp³-hybridized carbons (Fsp3) is 0.333. The van der Waals surface area contributed by atoms with Crippen LogP contribution in [-0.4, -0.2) is 34.2 Å². The highest BCUT2D eigenvalue weighted by Gasteiger charge is 2.15. The first-order valence-electron chi connectivity index (χ1n) is 6.66. The molecule has 0 fully saturated rings. The summed E-state index contributed by atoms with van der Waals surface area (Å²) in [4.78, 5) is 14.9. The minimum absolute atomic E-state index is 0.0411. The van der Waals surface area contributed by atoms with Crippen LogP contribution in [-0.2, 0) is 0 Å². The molecule has 0 aliphatic heterocycles. The zero-order valence-corrected chi connectivity index (χ0v) is 14.5. The number of benzene rings is 1. The summed E-state index contributed by atoms with van der Waals surface area (Å²) in [6, 6.07) is 7.96. The number of carbonyl (C=O) groups is 1. The van der Waals surface area contributed by atoms with Crippen LogP contribution in [0.2, 0.25) is 0 Å². The van der Waals surface area contributed by atoms with Crippen LogP contribution in [0.1, 0.15) is 35.9 Å². The summed E-state index contributed by atoms with van der Waals surface area (Å²) in [6.07, 6.45) is 2.91. The topological polar surface area (TPSA) is 67.2 Å². The second-order valence-corrected chi connectivity index (χ2v) is 5.67. The van der Waals surface area contributed by atoms with Crippen LogP contribution in [0.3, 0.4) is 0 Å². The van der Waals surface area contributed by atoms with Crippen molar-refractivity contribution < 1.29 is 9.90 Å². The molecule has 5 nitrogen and oxygen atoms in total. The van der Waals surface area contributed by atoms with E-state index >= 15 is 0 Å². The number of carboxylic acids is 1. The molecule has 2 rings (SSSR count). The summed E-state index contributed by atoms with van der Waals surface area (Å²) in [5.74, 6) is -0.958. The lowest BCUT2D eigenvalue weighted by atomic mass is 10.1. The van der Waals surface area contributed by atoms with Crippen molar-refractivity contribution in [2.45, 2.75) is 19.9 Å². The van der Waals surface area contributed by atoms with Crippen molar-refractivity contribution in [1.29, 1.82) is 0 Å². The smallest absolute Gasteiger partial charge is 0.354 e. The lowest BCUT2D eigenvalue weighted by molar-refractivity contribution is 0.0684. The Hall–Kier alpha value is -1.41. The van der Waals surface area contributed by atoms with E-state index in [2.05, 4.69) is 39.8 Å². The molecular formula is C15H20IN3O2. The Bertz CT molecular complexity index is 565. The maximum Gasteiger partial charge on any atom is 0.354 e. The average molecular weight is 401 g/mol. The summed E-state index contributed by atoms with van der Waals surface area (Å²) in [6.45, 7) is 5.09. The second kappa shape index (κ2) is 8.78. The Kier molecular flexibility index (Phi) is 7.38. The molecule has 2 aromatic rings. The van der Waals surface area contributed by atoms with Gasteiger partial charge in [0.05, 0.1) is 18.6 Å². The maximum atomic E-state index is 11.0. The van der Waals surface area contributed by atoms with Gasteiger partial charge < -0.3 is 15.0 Å². The quantitative estimate of drug-likeness (QED) is 0.774. The number of rotatable bonds is 4. The number of hydrogen-bond donors (Lipinski definition) is 2. The highest BCUT2D eigenvalue weighted by atomic mass is 127. The number of hydrogen-bond acceptors (Lipinski definition) is 3. The van der Waals surface area contributed by atoms with Gasteiger partial charge in [0.15, 0.2) is 0 Å². The fourth-order valence-electron chi connectivity index (χ4n) is 1.68. The third-order valence-corrected chi connectivity index (χ3v) is 3.73. The molecule has 2 N–H and O–H groups in total. The van der Waals surface area contributed by atoms with Crippen LogP contribution in [0.5, 0.6) is 0 Å². The highest BCUT2D eigenvalue weighted by molar-refractivity contribution is 14.1. The molecule has 1 atom stereocenters. The maximum absolute atomic E-state index is 11.0. The van der Waals surface area contributed by atoms with Gasteiger partial charge in [0.25, 0.3) is 0 Å². The minimum Gasteiger partial charge on any atom is -0.477 e. The molecule has 0 aliphatic rings. The largest absolute Gasteiger partial charge is 0.477 e. The van der Waals surface area contributed by atoms with Crippen LogP contribution >= 0.6 is 22.6 Å². The van der Waals surface area contributed by atoms with Gasteiger partial charge in [-0.15, -0.1) is 0 Å². The van der Waals surface area contributed by atoms with Crippen LogP contribution < -0.4 is 5.32 Å². The normalized spacial score (nSPS) is 11.4. The number of nitrogens with one attached hydrogen (secondary N) is 1. The predicted octanol–water partition coefficient (Wildman–Crippen LogP) is 3.02. The average Bonchev–Trinajstić information content (AvgIpc) is 2.97. The standard InChI is InChI=1S/C12H11IN2O2.C3H9N/c1-8(9-2-4-10(13)5-3-9)15-7-14-6-11(15)12(16)17;1-3-4-2/h2-8H,1H3,(H,16,17);4H,3H2,1-2H3/t8-;/m1./s1. The number of aromatic nitrogens is 2. The van der Waals surface area contributed by atoms with Gasteiger partial charge in [0, 0.05) is 3.57 Å². The van der Waals surface area contributed by atoms with Gasteiger partial charge in [-0.3, -0.25) is 0 Å². The van der Waals surface area contributed by atoms with E-state index < -0.39 is 5.97 Å². The number of carboxylic acid groups (broad SMARTS) is 1. The van der Waals surface area contributed by atoms with Crippen molar-refractivity contribution >= 4 is 28.6 Å². The molecule has 0 saturated heterocycles. The van der Waals surface area contributed by atoms with Gasteiger partial charge in [-0.1, -0.05) is 19.1 Å². The zero-order valence-electron chi connectivity index (χ0n) is 12.4. The van der Waals surface area contributed by atoms with Gasteiger partial charge in [-0.05, 0) is 60.8 Å². The van der Waals surface area contributed by atoms with Crippen molar-refractivity contribution in [3.63, 3.8) is 0 Å². The summed E-state index contributed by atoms with van der Waals surface area (Å²) in [5, 5.41) is 12.0. The van der Waals surface area contributed by atoms with Gasteiger partial charge in [0.1, 0.15) is 5.69 Å². The van der Waals surface area contributed by atoms with Crippen LogP contribution in [0.4, 0.5) is 0 Å². The Morgan fingerprint density at radius 2 is 2.00 bits per heavy atom. The van der Waals surface area contributed by atoms with Crippen molar-refractivity contribution in [2.24, 2.45) is 0 Å². The first-order valence-corrected chi connectivity index (χ1v) is 7.74. The Balaban J connectivity index is 0.000000491. The van der Waals surface area contributed by atoms with Gasteiger partial charge in [0.2, 0.25) is 0 Å². The predicted molar refractivity (Wildman–Crippen MR) is 91.8 cm³/mol. The molecule has 0 bridgehead atoms. The first-order chi connectivity index (χ1) is 10.0. The number of halogens is 1. The van der Waals surface area contributed by atoms with Crippen molar-refractivity contribution in [1.82, 2.24) is 14.9 Å². The van der Waals surface area contributed by atoms with E-state index in [1.165, 1.54) is 6.20 Å². The fourth-order valence-corrected chi connectivity index (χ4v) is 2.04. The van der Waals surface area contributed by atoms with Crippen LogP contribution in [0.15, 0.2) is 36.8 Å². The Morgan fingerprint density at radius 1 is 1.43 bits per heavy atom. The molecule has 0 unspecified atom stereocenters. The molecule has 1 aromatic heterocycles. The molecular weight excluding hydrogens is 381 g/mol. The molecule has 1 aromatic carbocycles. The third kappa shape index (κ3) is 5.13. The molecule has 114 valence electrons. The lowest BCUT2D eigenvalue weighted by Gasteiger charge is -2.15. The number of imidazole rings is 1. The van der Waals surface area contributed by atoms with E-state index in [1.54, 1.807) is 10.9 Å². The summed E-state index contributed by atoms with van der Waals surface area (Å²) >= 11 is 2.24. The minimum atomic E-state index is -0.958. The summed E-state index contributed by atoms with van der Waals surface area (Å²) in [5.41, 5.74) is 1.27. The summed E-state index contributed by atoms with van der Waals surface area (Å²) in [7, 11) is 1.93. The molecule has 0 aliphatic carbocycles. The van der Waals surface area contributed by atoms with E-state index in [4.69, 9.17) is 5.11 Å². The molecule has 0 radical (unpaired) electrons. The molecule has 0 amide bonds. The highest BCUT2D eigenvalue weighted by Crippen LogP contribution is 2.20. The van der Waals surface area contributed by atoms with E-state index in [-0.39, 0.29) is 11.7 Å². The van der Waals surface area contributed by atoms with Crippen molar-refractivity contribution in [2.75, 3.05) is 13.6 Å². The SMILES string of the molecule is CCNC.C[C@H](c1ccc(I)cc1)n1cncc1C(=O)O. The molecule has 0 spiro atoms. The van der Waals surface area contributed by atoms with Crippen LogP contribution in [0.25, 0.3) is 0 Å². The van der Waals surface area contributed by atoms with E-state index in [0.717, 1.165) is 15.7 Å². The monoisotopic (exact) mass is 401 g/mol. The first kappa shape index (κ1) is 17.6. The third-order valence-electron chi connectivity index (χ3n) is 3.01. The lowest BCUT2D eigenvalue weighted by Crippen LogP contribution is -2.12. The van der Waals surface area contributed by atoms with Gasteiger partial charge in [-0.25, -0.2) is 9.78 Å². The Morgan fingerprint density at radius 3 is 2.48 bits per heavy atom. The van der Waals surface area contributed by atoms with Gasteiger partial charge >= 0.3 is 5.97 Å². The van der Waals surface area contributed by atoms with E-state index in [1.807, 2.05) is 38.2 Å². The Labute approximate surface area is 138 Å². The molecule has 21 heavy (non-hydrogen) atoms. The van der Waals surface area contributed by atoms with Crippen LogP contribution in [0, 0.1) is 3.57 Å². The molecule has 0 saturated carbocycles. The second-order valence-electron chi connectivity index (χ2n) is 4.43. The summed E-state index contributed by atoms with van der Waals surface area (Å²) < 4.78 is 2.81. The van der Waals surface area contributed by atoms with E-state index in [9.17, 15) is 4.79 Å². The molecule has 6 heteroatoms. The van der Waals surface area contributed by atoms with E-state index in [0.29, 0.717) is 0 Å². The molecule has 1 heterocycles. The van der Waals surface area contributed by atoms with Crippen molar-refractivity contribution in [3.05, 3.63) is 51.6 Å².